The first-order chi connectivity index (χ1) is 12.5. The van der Waals surface area contributed by atoms with Crippen LogP contribution >= 0.6 is 11.6 Å². The first-order valence-corrected chi connectivity index (χ1v) is 8.28. The first-order valence-electron chi connectivity index (χ1n) is 7.91. The van der Waals surface area contributed by atoms with Gasteiger partial charge < -0.3 is 8.98 Å². The van der Waals surface area contributed by atoms with E-state index in [0.717, 1.165) is 5.56 Å². The number of hydrogen-bond donors (Lipinski definition) is 0. The monoisotopic (exact) mass is 364 g/mol. The molecule has 2 heterocycles. The van der Waals surface area contributed by atoms with Gasteiger partial charge in [-0.25, -0.2) is 4.79 Å². The molecule has 0 unspecified atom stereocenters. The summed E-state index contributed by atoms with van der Waals surface area (Å²) in [4.78, 5) is 28.9. The fourth-order valence-corrected chi connectivity index (χ4v) is 3.07. The predicted molar refractivity (Wildman–Crippen MR) is 101 cm³/mol. The van der Waals surface area contributed by atoms with Gasteiger partial charge in [0.1, 0.15) is 11.0 Å². The van der Waals surface area contributed by atoms with Gasteiger partial charge in [-0.3, -0.25) is 4.79 Å². The Balaban J connectivity index is 2.08. The largest absolute Gasteiger partial charge is 0.439 e. The molecule has 2 aromatic heterocycles. The topological polar surface area (TPSA) is 65.1 Å². The number of nitrogens with zero attached hydrogens (tertiary/aromatic N) is 2. The van der Waals surface area contributed by atoms with Crippen LogP contribution in [0.3, 0.4) is 0 Å². The Morgan fingerprint density at radius 3 is 2.35 bits per heavy atom. The molecule has 0 atom stereocenters. The number of rotatable bonds is 2. The van der Waals surface area contributed by atoms with Crippen LogP contribution in [-0.2, 0) is 7.05 Å². The van der Waals surface area contributed by atoms with Gasteiger partial charge in [-0.2, -0.15) is 4.98 Å². The third-order valence-electron chi connectivity index (χ3n) is 4.22. The van der Waals surface area contributed by atoms with Crippen molar-refractivity contribution in [2.75, 3.05) is 0 Å². The maximum absolute atomic E-state index is 13.0. The summed E-state index contributed by atoms with van der Waals surface area (Å²) in [6.45, 7) is 0. The Kier molecular flexibility index (Phi) is 3.93. The highest BCUT2D eigenvalue weighted by Crippen LogP contribution is 2.27. The third-order valence-corrected chi connectivity index (χ3v) is 4.47. The molecular formula is C20H13ClN2O3. The van der Waals surface area contributed by atoms with E-state index >= 15 is 0 Å². The summed E-state index contributed by atoms with van der Waals surface area (Å²) in [7, 11) is 1.68. The van der Waals surface area contributed by atoms with Gasteiger partial charge in [-0.05, 0) is 17.7 Å². The average molecular weight is 365 g/mol. The minimum absolute atomic E-state index is 0.205. The fourth-order valence-electron chi connectivity index (χ4n) is 2.94. The standard InChI is InChI=1S/C20H13ClN2O3/c1-23-15(12-5-3-2-4-6-12)11-16-17(19(23)24)18(22-20(25)26-16)13-7-9-14(21)10-8-13/h2-11H,1H3. The summed E-state index contributed by atoms with van der Waals surface area (Å²) >= 11 is 5.93. The molecule has 0 fully saturated rings. The number of hydrogen-bond acceptors (Lipinski definition) is 4. The van der Waals surface area contributed by atoms with Crippen molar-refractivity contribution in [2.24, 2.45) is 7.05 Å². The summed E-state index contributed by atoms with van der Waals surface area (Å²) in [6, 6.07) is 17.9. The lowest BCUT2D eigenvalue weighted by Gasteiger charge is -2.11. The van der Waals surface area contributed by atoms with Crippen LogP contribution in [0.15, 0.2) is 74.7 Å². The molecule has 4 rings (SSSR count). The molecule has 0 aliphatic carbocycles. The van der Waals surface area contributed by atoms with E-state index in [4.69, 9.17) is 16.0 Å². The summed E-state index contributed by atoms with van der Waals surface area (Å²) < 4.78 is 6.77. The molecule has 6 heteroatoms. The van der Waals surface area contributed by atoms with Gasteiger partial charge in [0.15, 0.2) is 0 Å². The lowest BCUT2D eigenvalue weighted by molar-refractivity contribution is 0.531. The zero-order valence-electron chi connectivity index (χ0n) is 13.8. The summed E-state index contributed by atoms with van der Waals surface area (Å²) in [5, 5.41) is 0.814. The molecule has 26 heavy (non-hydrogen) atoms. The molecule has 0 aliphatic heterocycles. The second-order valence-electron chi connectivity index (χ2n) is 5.83. The Morgan fingerprint density at radius 2 is 1.65 bits per heavy atom. The Hall–Kier alpha value is -3.18. The predicted octanol–water partition coefficient (Wildman–Crippen LogP) is 3.87. The molecule has 0 radical (unpaired) electrons. The number of fused-ring (bicyclic) bond motifs is 1. The summed E-state index contributed by atoms with van der Waals surface area (Å²) in [5.74, 6) is -0.755. The molecule has 0 saturated carbocycles. The van der Waals surface area contributed by atoms with Crippen molar-refractivity contribution in [3.63, 3.8) is 0 Å². The molecule has 0 bridgehead atoms. The number of aromatic nitrogens is 2. The highest BCUT2D eigenvalue weighted by Gasteiger charge is 2.17. The van der Waals surface area contributed by atoms with Gasteiger partial charge in [-0.1, -0.05) is 54.1 Å². The second-order valence-corrected chi connectivity index (χ2v) is 6.27. The van der Waals surface area contributed by atoms with Crippen LogP contribution in [0.2, 0.25) is 5.02 Å². The highest BCUT2D eigenvalue weighted by molar-refractivity contribution is 6.30. The van der Waals surface area contributed by atoms with Crippen molar-refractivity contribution in [3.8, 4) is 22.5 Å². The number of benzene rings is 2. The van der Waals surface area contributed by atoms with Crippen LogP contribution in [0.4, 0.5) is 0 Å². The lowest BCUT2D eigenvalue weighted by atomic mass is 10.1. The molecule has 128 valence electrons. The van der Waals surface area contributed by atoms with E-state index in [9.17, 15) is 9.59 Å². The molecular weight excluding hydrogens is 352 g/mol. The summed E-state index contributed by atoms with van der Waals surface area (Å²) in [6.07, 6.45) is 0. The molecule has 2 aromatic carbocycles. The van der Waals surface area contributed by atoms with Gasteiger partial charge >= 0.3 is 5.76 Å². The smallest absolute Gasteiger partial charge is 0.408 e. The molecule has 0 amide bonds. The van der Waals surface area contributed by atoms with Gasteiger partial charge in [-0.15, -0.1) is 0 Å². The van der Waals surface area contributed by atoms with Crippen molar-refractivity contribution in [1.29, 1.82) is 0 Å². The van der Waals surface area contributed by atoms with Crippen LogP contribution in [0.5, 0.6) is 0 Å². The summed E-state index contributed by atoms with van der Waals surface area (Å²) in [5.41, 5.74) is 2.32. The molecule has 0 N–H and O–H groups in total. The normalized spacial score (nSPS) is 11.0. The van der Waals surface area contributed by atoms with E-state index in [2.05, 4.69) is 4.98 Å². The zero-order chi connectivity index (χ0) is 18.3. The SMILES string of the molecule is Cn1c(-c2ccccc2)cc2oc(=O)nc(-c3ccc(Cl)cc3)c2c1=O. The quantitative estimate of drug-likeness (QED) is 0.541. The Bertz CT molecular complexity index is 1230. The Labute approximate surface area is 153 Å². The maximum Gasteiger partial charge on any atom is 0.439 e. The fraction of sp³-hybridized carbons (Fsp3) is 0.0500. The van der Waals surface area contributed by atoms with E-state index in [0.29, 0.717) is 16.3 Å². The molecule has 0 spiro atoms. The van der Waals surface area contributed by atoms with E-state index in [1.165, 1.54) is 4.57 Å². The average Bonchev–Trinajstić information content (AvgIpc) is 2.65. The minimum Gasteiger partial charge on any atom is -0.408 e. The second kappa shape index (κ2) is 6.28. The Morgan fingerprint density at radius 1 is 0.962 bits per heavy atom. The van der Waals surface area contributed by atoms with Crippen molar-refractivity contribution < 1.29 is 4.42 Å². The van der Waals surface area contributed by atoms with Gasteiger partial charge in [0.25, 0.3) is 5.56 Å². The minimum atomic E-state index is -0.755. The van der Waals surface area contributed by atoms with E-state index in [1.54, 1.807) is 37.4 Å². The van der Waals surface area contributed by atoms with Crippen LogP contribution in [0, 0.1) is 0 Å². The molecule has 0 saturated heterocycles. The van der Waals surface area contributed by atoms with Crippen LogP contribution in [0.1, 0.15) is 0 Å². The lowest BCUT2D eigenvalue weighted by Crippen LogP contribution is -2.21. The van der Waals surface area contributed by atoms with Gasteiger partial charge in [0.05, 0.1) is 11.4 Å². The van der Waals surface area contributed by atoms with Crippen molar-refractivity contribution in [1.82, 2.24) is 9.55 Å². The van der Waals surface area contributed by atoms with Crippen molar-refractivity contribution in [3.05, 3.63) is 86.6 Å². The van der Waals surface area contributed by atoms with Crippen LogP contribution in [0.25, 0.3) is 33.5 Å². The zero-order valence-corrected chi connectivity index (χ0v) is 14.5. The molecule has 5 nitrogen and oxygen atoms in total. The third kappa shape index (κ3) is 2.72. The van der Waals surface area contributed by atoms with E-state index < -0.39 is 5.76 Å². The van der Waals surface area contributed by atoms with Crippen molar-refractivity contribution >= 4 is 22.6 Å². The van der Waals surface area contributed by atoms with Crippen LogP contribution < -0.4 is 11.3 Å². The molecule has 0 aliphatic rings. The highest BCUT2D eigenvalue weighted by atomic mass is 35.5. The maximum atomic E-state index is 13.0. The van der Waals surface area contributed by atoms with Gasteiger partial charge in [0.2, 0.25) is 0 Å². The van der Waals surface area contributed by atoms with Crippen LogP contribution in [-0.4, -0.2) is 9.55 Å². The first kappa shape index (κ1) is 16.3. The van der Waals surface area contributed by atoms with E-state index in [1.807, 2.05) is 30.3 Å². The number of halogens is 1. The van der Waals surface area contributed by atoms with Gasteiger partial charge in [0, 0.05) is 23.7 Å². The number of pyridine rings is 1. The van der Waals surface area contributed by atoms with E-state index in [-0.39, 0.29) is 22.2 Å². The molecule has 4 aromatic rings. The van der Waals surface area contributed by atoms with Crippen molar-refractivity contribution in [2.45, 2.75) is 0 Å².